The molecule has 2 heterocycles. The standard InChI is InChI=1S/C27H38N2O2/c1-5-25(30)29-14-13-27(4)23-11-12-26(3)21(18-15-19(31-6-2)17-28-16-18)8-9-22(26)20(23)7-10-24(27)29/h8,15-17,20,22-24H,5-7,9-14H2,1-4H3/t20-,22-,23?,24?,26+,27+/m0/s1. The van der Waals surface area contributed by atoms with Crippen molar-refractivity contribution in [3.8, 4) is 5.75 Å². The van der Waals surface area contributed by atoms with Gasteiger partial charge in [0, 0.05) is 25.2 Å². The molecule has 0 bridgehead atoms. The van der Waals surface area contributed by atoms with Gasteiger partial charge in [-0.2, -0.15) is 0 Å². The van der Waals surface area contributed by atoms with Crippen LogP contribution in [0, 0.1) is 28.6 Å². The summed E-state index contributed by atoms with van der Waals surface area (Å²) in [6, 6.07) is 2.65. The van der Waals surface area contributed by atoms with Crippen LogP contribution in [0.3, 0.4) is 0 Å². The number of amides is 1. The van der Waals surface area contributed by atoms with Crippen molar-refractivity contribution in [2.75, 3.05) is 13.2 Å². The summed E-state index contributed by atoms with van der Waals surface area (Å²) >= 11 is 0. The van der Waals surface area contributed by atoms with Gasteiger partial charge in [0.1, 0.15) is 5.75 Å². The van der Waals surface area contributed by atoms with Crippen molar-refractivity contribution < 1.29 is 9.53 Å². The molecule has 0 radical (unpaired) electrons. The van der Waals surface area contributed by atoms with E-state index in [2.05, 4.69) is 35.9 Å². The zero-order chi connectivity index (χ0) is 21.8. The van der Waals surface area contributed by atoms with E-state index in [9.17, 15) is 4.79 Å². The van der Waals surface area contributed by atoms with E-state index >= 15 is 0 Å². The summed E-state index contributed by atoms with van der Waals surface area (Å²) in [4.78, 5) is 19.3. The molecule has 1 aromatic rings. The maximum absolute atomic E-state index is 12.6. The Bertz CT molecular complexity index is 895. The van der Waals surface area contributed by atoms with E-state index in [-0.39, 0.29) is 5.41 Å². The fourth-order valence-corrected chi connectivity index (χ4v) is 8.15. The molecular formula is C27H38N2O2. The molecule has 1 aromatic heterocycles. The van der Waals surface area contributed by atoms with Gasteiger partial charge in [-0.15, -0.1) is 0 Å². The number of pyridine rings is 1. The Morgan fingerprint density at radius 1 is 1.16 bits per heavy atom. The average molecular weight is 423 g/mol. The zero-order valence-corrected chi connectivity index (χ0v) is 19.7. The molecule has 0 aromatic carbocycles. The molecule has 1 saturated heterocycles. The maximum Gasteiger partial charge on any atom is 0.222 e. The summed E-state index contributed by atoms with van der Waals surface area (Å²) in [5, 5.41) is 0. The molecule has 4 nitrogen and oxygen atoms in total. The lowest BCUT2D eigenvalue weighted by atomic mass is 9.48. The molecular weight excluding hydrogens is 384 g/mol. The normalized spacial score (nSPS) is 38.8. The highest BCUT2D eigenvalue weighted by Crippen LogP contribution is 2.66. The van der Waals surface area contributed by atoms with Crippen LogP contribution in [0.4, 0.5) is 0 Å². The summed E-state index contributed by atoms with van der Waals surface area (Å²) in [5.41, 5.74) is 3.27. The molecule has 5 rings (SSSR count). The van der Waals surface area contributed by atoms with Crippen molar-refractivity contribution in [2.45, 2.75) is 78.7 Å². The highest BCUT2D eigenvalue weighted by molar-refractivity contribution is 5.77. The smallest absolute Gasteiger partial charge is 0.222 e. The Labute approximate surface area is 187 Å². The molecule has 3 aliphatic carbocycles. The van der Waals surface area contributed by atoms with Gasteiger partial charge in [0.15, 0.2) is 0 Å². The number of allylic oxidation sites excluding steroid dienone is 2. The third kappa shape index (κ3) is 3.08. The number of rotatable bonds is 4. The molecule has 3 fully saturated rings. The molecule has 4 aliphatic rings. The van der Waals surface area contributed by atoms with Gasteiger partial charge < -0.3 is 9.64 Å². The number of hydrogen-bond donors (Lipinski definition) is 0. The topological polar surface area (TPSA) is 42.4 Å². The highest BCUT2D eigenvalue weighted by Gasteiger charge is 2.60. The molecule has 1 amide bonds. The monoisotopic (exact) mass is 422 g/mol. The van der Waals surface area contributed by atoms with Crippen LogP contribution >= 0.6 is 0 Å². The average Bonchev–Trinajstić information content (AvgIpc) is 3.30. The van der Waals surface area contributed by atoms with E-state index in [1.165, 1.54) is 49.7 Å². The quantitative estimate of drug-likeness (QED) is 0.622. The molecule has 0 N–H and O–H groups in total. The molecule has 168 valence electrons. The Morgan fingerprint density at radius 3 is 2.77 bits per heavy atom. The van der Waals surface area contributed by atoms with E-state index in [4.69, 9.17) is 4.74 Å². The van der Waals surface area contributed by atoms with Crippen molar-refractivity contribution in [1.29, 1.82) is 0 Å². The van der Waals surface area contributed by atoms with Crippen molar-refractivity contribution in [3.63, 3.8) is 0 Å². The minimum Gasteiger partial charge on any atom is -0.492 e. The van der Waals surface area contributed by atoms with Crippen LogP contribution in [0.1, 0.15) is 78.2 Å². The Balaban J connectivity index is 1.40. The minimum atomic E-state index is 0.231. The molecule has 1 aliphatic heterocycles. The summed E-state index contributed by atoms with van der Waals surface area (Å²) in [7, 11) is 0. The number of fused-ring (bicyclic) bond motifs is 5. The van der Waals surface area contributed by atoms with Gasteiger partial charge in [0.05, 0.1) is 12.8 Å². The van der Waals surface area contributed by atoms with Crippen LogP contribution in [0.2, 0.25) is 0 Å². The predicted octanol–water partition coefficient (Wildman–Crippen LogP) is 5.73. The Morgan fingerprint density at radius 2 is 2.00 bits per heavy atom. The first-order valence-electron chi connectivity index (χ1n) is 12.5. The highest BCUT2D eigenvalue weighted by atomic mass is 16.5. The van der Waals surface area contributed by atoms with Crippen molar-refractivity contribution in [3.05, 3.63) is 30.1 Å². The molecule has 4 heteroatoms. The molecule has 6 atom stereocenters. The Kier molecular flexibility index (Phi) is 5.18. The second-order valence-electron chi connectivity index (χ2n) is 10.8. The number of carbonyl (C=O) groups excluding carboxylic acids is 1. The van der Waals surface area contributed by atoms with Gasteiger partial charge in [0.2, 0.25) is 5.91 Å². The van der Waals surface area contributed by atoms with Crippen LogP contribution in [0.5, 0.6) is 5.75 Å². The first-order chi connectivity index (χ1) is 14.9. The molecule has 0 spiro atoms. The van der Waals surface area contributed by atoms with Gasteiger partial charge in [0.25, 0.3) is 0 Å². The van der Waals surface area contributed by atoms with Crippen LogP contribution < -0.4 is 4.74 Å². The minimum absolute atomic E-state index is 0.231. The van der Waals surface area contributed by atoms with Crippen molar-refractivity contribution in [2.24, 2.45) is 28.6 Å². The first-order valence-corrected chi connectivity index (χ1v) is 12.5. The maximum atomic E-state index is 12.6. The van der Waals surface area contributed by atoms with Gasteiger partial charge in [-0.1, -0.05) is 26.8 Å². The number of aromatic nitrogens is 1. The van der Waals surface area contributed by atoms with Crippen molar-refractivity contribution in [1.82, 2.24) is 9.88 Å². The fraction of sp³-hybridized carbons (Fsp3) is 0.704. The van der Waals surface area contributed by atoms with E-state index in [0.29, 0.717) is 36.3 Å². The van der Waals surface area contributed by atoms with Gasteiger partial charge in [-0.25, -0.2) is 0 Å². The number of hydrogen-bond acceptors (Lipinski definition) is 3. The summed E-state index contributed by atoms with van der Waals surface area (Å²) in [5.74, 6) is 3.47. The van der Waals surface area contributed by atoms with Crippen LogP contribution in [-0.4, -0.2) is 35.0 Å². The van der Waals surface area contributed by atoms with Crippen LogP contribution in [0.15, 0.2) is 24.5 Å². The predicted molar refractivity (Wildman–Crippen MR) is 124 cm³/mol. The SMILES string of the molecule is CCOc1cncc(C2=CC[C@H]3[C@@H]4CCC5N(C(=O)CC)CC[C@]5(C)C4CC[C@]23C)c1. The molecule has 31 heavy (non-hydrogen) atoms. The van der Waals surface area contributed by atoms with Gasteiger partial charge >= 0.3 is 0 Å². The summed E-state index contributed by atoms with van der Waals surface area (Å²) in [6.07, 6.45) is 14.4. The van der Waals surface area contributed by atoms with Crippen LogP contribution in [0.25, 0.3) is 5.57 Å². The first kappa shape index (κ1) is 21.0. The van der Waals surface area contributed by atoms with Gasteiger partial charge in [-0.05, 0) is 91.2 Å². The van der Waals surface area contributed by atoms with Crippen LogP contribution in [-0.2, 0) is 4.79 Å². The second kappa shape index (κ2) is 7.64. The molecule has 2 unspecified atom stereocenters. The number of likely N-dealkylation sites (tertiary alicyclic amines) is 1. The largest absolute Gasteiger partial charge is 0.492 e. The lowest BCUT2D eigenvalue weighted by molar-refractivity contribution is -0.136. The lowest BCUT2D eigenvalue weighted by Gasteiger charge is -2.57. The van der Waals surface area contributed by atoms with E-state index < -0.39 is 0 Å². The Hall–Kier alpha value is -1.84. The zero-order valence-electron chi connectivity index (χ0n) is 19.7. The second-order valence-corrected chi connectivity index (χ2v) is 10.8. The van der Waals surface area contributed by atoms with E-state index in [0.717, 1.165) is 24.1 Å². The van der Waals surface area contributed by atoms with E-state index in [1.54, 1.807) is 0 Å². The number of nitrogens with zero attached hydrogens (tertiary/aromatic N) is 2. The number of carbonyl (C=O) groups is 1. The summed E-state index contributed by atoms with van der Waals surface area (Å²) < 4.78 is 5.74. The molecule has 2 saturated carbocycles. The summed E-state index contributed by atoms with van der Waals surface area (Å²) in [6.45, 7) is 10.7. The number of ether oxygens (including phenoxy) is 1. The lowest BCUT2D eigenvalue weighted by Crippen LogP contribution is -2.54. The van der Waals surface area contributed by atoms with E-state index in [1.807, 2.05) is 26.2 Å². The fourth-order valence-electron chi connectivity index (χ4n) is 8.15. The van der Waals surface area contributed by atoms with Gasteiger partial charge in [-0.3, -0.25) is 9.78 Å². The van der Waals surface area contributed by atoms with Crippen molar-refractivity contribution >= 4 is 11.5 Å². The third-order valence-electron chi connectivity index (χ3n) is 9.63. The third-order valence-corrected chi connectivity index (χ3v) is 9.63.